The molecule has 1 saturated heterocycles. The van der Waals surface area contributed by atoms with E-state index in [0.717, 1.165) is 5.69 Å². The monoisotopic (exact) mass is 340 g/mol. The first kappa shape index (κ1) is 17.7. The number of aromatic nitrogens is 2. The van der Waals surface area contributed by atoms with Gasteiger partial charge in [-0.3, -0.25) is 9.48 Å². The zero-order chi connectivity index (χ0) is 18.2. The van der Waals surface area contributed by atoms with E-state index in [9.17, 15) is 4.79 Å². The van der Waals surface area contributed by atoms with Crippen LogP contribution in [-0.4, -0.2) is 40.2 Å². The number of aryl methyl sites for hydroxylation is 1. The molecule has 2 atom stereocenters. The first-order valence-electron chi connectivity index (χ1n) is 8.92. The van der Waals surface area contributed by atoms with Crippen LogP contribution in [0.25, 0.3) is 0 Å². The molecule has 0 unspecified atom stereocenters. The Balaban J connectivity index is 1.82. The third-order valence-corrected chi connectivity index (χ3v) is 5.00. The lowest BCUT2D eigenvalue weighted by molar-refractivity contribution is 0.0779. The molecule has 1 aromatic carbocycles. The average Bonchev–Trinajstić information content (AvgIpc) is 3.18. The normalized spacial score (nSPS) is 20.9. The fraction of sp³-hybridized carbons (Fsp3) is 0.500. The lowest BCUT2D eigenvalue weighted by Crippen LogP contribution is -2.31. The van der Waals surface area contributed by atoms with Crippen molar-refractivity contribution in [3.63, 3.8) is 0 Å². The first-order valence-corrected chi connectivity index (χ1v) is 8.92. The van der Waals surface area contributed by atoms with Crippen LogP contribution >= 0.6 is 0 Å². The number of nitrogens with two attached hydrogens (primary N) is 1. The Morgan fingerprint density at radius 1 is 1.24 bits per heavy atom. The van der Waals surface area contributed by atoms with Crippen molar-refractivity contribution >= 4 is 5.91 Å². The van der Waals surface area contributed by atoms with Gasteiger partial charge in [-0.2, -0.15) is 5.10 Å². The van der Waals surface area contributed by atoms with Crippen molar-refractivity contribution in [3.05, 3.63) is 53.3 Å². The average molecular weight is 340 g/mol. The molecule has 3 rings (SSSR count). The summed E-state index contributed by atoms with van der Waals surface area (Å²) in [7, 11) is 0. The van der Waals surface area contributed by atoms with Gasteiger partial charge < -0.3 is 10.6 Å². The van der Waals surface area contributed by atoms with Gasteiger partial charge in [0.05, 0.1) is 5.54 Å². The van der Waals surface area contributed by atoms with Crippen LogP contribution in [0.5, 0.6) is 0 Å². The Hall–Kier alpha value is -2.14. The molecule has 0 saturated carbocycles. The van der Waals surface area contributed by atoms with Gasteiger partial charge in [0.25, 0.3) is 5.91 Å². The maximum absolute atomic E-state index is 13.0. The number of likely N-dealkylation sites (tertiary alicyclic amines) is 1. The van der Waals surface area contributed by atoms with Gasteiger partial charge in [0.1, 0.15) is 0 Å². The van der Waals surface area contributed by atoms with Crippen molar-refractivity contribution in [1.82, 2.24) is 14.7 Å². The molecule has 134 valence electrons. The van der Waals surface area contributed by atoms with Gasteiger partial charge in [-0.1, -0.05) is 30.3 Å². The van der Waals surface area contributed by atoms with Gasteiger partial charge in [0.2, 0.25) is 0 Å². The van der Waals surface area contributed by atoms with Crippen molar-refractivity contribution in [2.24, 2.45) is 11.7 Å². The standard InChI is InChI=1S/C20H28N4O/c1-14-10-18(22-24(14)20(2,3)4)19(25)23-12-16(11-21)17(13-23)15-8-6-5-7-9-15/h5-10,16-17H,11-13,21H2,1-4H3/t16-,17+/m1/s1. The van der Waals surface area contributed by atoms with E-state index in [1.165, 1.54) is 5.56 Å². The van der Waals surface area contributed by atoms with Crippen LogP contribution < -0.4 is 5.73 Å². The highest BCUT2D eigenvalue weighted by atomic mass is 16.2. The summed E-state index contributed by atoms with van der Waals surface area (Å²) in [4.78, 5) is 14.9. The van der Waals surface area contributed by atoms with E-state index in [4.69, 9.17) is 5.73 Å². The van der Waals surface area contributed by atoms with Gasteiger partial charge in [0, 0.05) is 24.7 Å². The molecular formula is C20H28N4O. The van der Waals surface area contributed by atoms with Crippen molar-refractivity contribution in [3.8, 4) is 0 Å². The number of hydrogen-bond acceptors (Lipinski definition) is 3. The molecule has 2 heterocycles. The van der Waals surface area contributed by atoms with E-state index in [1.807, 2.05) is 40.8 Å². The first-order chi connectivity index (χ1) is 11.8. The third kappa shape index (κ3) is 3.47. The minimum absolute atomic E-state index is 0.00276. The highest BCUT2D eigenvalue weighted by Gasteiger charge is 2.36. The molecule has 2 aromatic rings. The smallest absolute Gasteiger partial charge is 0.274 e. The minimum Gasteiger partial charge on any atom is -0.336 e. The van der Waals surface area contributed by atoms with E-state index in [2.05, 4.69) is 38.0 Å². The predicted octanol–water partition coefficient (Wildman–Crippen LogP) is 2.76. The quantitative estimate of drug-likeness (QED) is 0.934. The third-order valence-electron chi connectivity index (χ3n) is 5.00. The van der Waals surface area contributed by atoms with Crippen LogP contribution in [0, 0.1) is 12.8 Å². The second kappa shape index (κ2) is 6.64. The molecule has 5 heteroatoms. The number of hydrogen-bond donors (Lipinski definition) is 1. The molecule has 1 aromatic heterocycles. The highest BCUT2D eigenvalue weighted by molar-refractivity contribution is 5.92. The van der Waals surface area contributed by atoms with Gasteiger partial charge in [0.15, 0.2) is 5.69 Å². The summed E-state index contributed by atoms with van der Waals surface area (Å²) >= 11 is 0. The Bertz CT molecular complexity index is 745. The van der Waals surface area contributed by atoms with E-state index in [-0.39, 0.29) is 17.4 Å². The van der Waals surface area contributed by atoms with E-state index in [0.29, 0.717) is 31.2 Å². The molecule has 0 bridgehead atoms. The van der Waals surface area contributed by atoms with E-state index >= 15 is 0 Å². The number of amides is 1. The maximum Gasteiger partial charge on any atom is 0.274 e. The summed E-state index contributed by atoms with van der Waals surface area (Å²) in [5, 5.41) is 4.57. The van der Waals surface area contributed by atoms with E-state index < -0.39 is 0 Å². The molecule has 1 amide bonds. The minimum atomic E-state index is -0.139. The van der Waals surface area contributed by atoms with Gasteiger partial charge in [-0.15, -0.1) is 0 Å². The fourth-order valence-electron chi connectivity index (χ4n) is 3.77. The number of benzene rings is 1. The van der Waals surface area contributed by atoms with Crippen LogP contribution in [0.4, 0.5) is 0 Å². The molecule has 25 heavy (non-hydrogen) atoms. The van der Waals surface area contributed by atoms with Crippen molar-refractivity contribution in [1.29, 1.82) is 0 Å². The Morgan fingerprint density at radius 3 is 2.48 bits per heavy atom. The zero-order valence-electron chi connectivity index (χ0n) is 15.6. The number of carbonyl (C=O) groups is 1. The summed E-state index contributed by atoms with van der Waals surface area (Å²) < 4.78 is 1.92. The predicted molar refractivity (Wildman–Crippen MR) is 99.6 cm³/mol. The topological polar surface area (TPSA) is 64.2 Å². The number of carbonyl (C=O) groups excluding carboxylic acids is 1. The summed E-state index contributed by atoms with van der Waals surface area (Å²) in [6, 6.07) is 12.2. The molecular weight excluding hydrogens is 312 g/mol. The second-order valence-corrected chi connectivity index (χ2v) is 7.98. The highest BCUT2D eigenvalue weighted by Crippen LogP contribution is 2.32. The lowest BCUT2D eigenvalue weighted by atomic mass is 9.89. The van der Waals surface area contributed by atoms with Gasteiger partial charge in [-0.25, -0.2) is 0 Å². The molecule has 1 aliphatic rings. The Kier molecular flexibility index (Phi) is 4.69. The molecule has 0 aliphatic carbocycles. The molecule has 2 N–H and O–H groups in total. The lowest BCUT2D eigenvalue weighted by Gasteiger charge is -2.21. The molecule has 1 aliphatic heterocycles. The van der Waals surface area contributed by atoms with Crippen LogP contribution in [0.15, 0.2) is 36.4 Å². The van der Waals surface area contributed by atoms with Crippen LogP contribution in [0.1, 0.15) is 48.4 Å². The summed E-state index contributed by atoms with van der Waals surface area (Å²) in [6.07, 6.45) is 0. The number of nitrogens with zero attached hydrogens (tertiary/aromatic N) is 3. The SMILES string of the molecule is Cc1cc(C(=O)N2C[C@@H](CN)[C@H](c3ccccc3)C2)nn1C(C)(C)C. The van der Waals surface area contributed by atoms with Crippen LogP contribution in [0.3, 0.4) is 0 Å². The van der Waals surface area contributed by atoms with Crippen LogP contribution in [0.2, 0.25) is 0 Å². The maximum atomic E-state index is 13.0. The van der Waals surface area contributed by atoms with Gasteiger partial charge in [-0.05, 0) is 51.8 Å². The number of rotatable bonds is 3. The fourth-order valence-corrected chi connectivity index (χ4v) is 3.77. The van der Waals surface area contributed by atoms with Crippen molar-refractivity contribution in [2.45, 2.75) is 39.2 Å². The largest absolute Gasteiger partial charge is 0.336 e. The van der Waals surface area contributed by atoms with Crippen molar-refractivity contribution in [2.75, 3.05) is 19.6 Å². The molecule has 0 radical (unpaired) electrons. The molecule has 1 fully saturated rings. The summed E-state index contributed by atoms with van der Waals surface area (Å²) in [5.74, 6) is 0.584. The second-order valence-electron chi connectivity index (χ2n) is 7.98. The molecule has 5 nitrogen and oxygen atoms in total. The molecule has 0 spiro atoms. The Morgan fingerprint density at radius 2 is 1.92 bits per heavy atom. The summed E-state index contributed by atoms with van der Waals surface area (Å²) in [5.41, 5.74) is 8.64. The van der Waals surface area contributed by atoms with E-state index in [1.54, 1.807) is 0 Å². The van der Waals surface area contributed by atoms with Crippen molar-refractivity contribution < 1.29 is 4.79 Å². The van der Waals surface area contributed by atoms with Gasteiger partial charge >= 0.3 is 0 Å². The van der Waals surface area contributed by atoms with Crippen LogP contribution in [-0.2, 0) is 5.54 Å². The zero-order valence-corrected chi connectivity index (χ0v) is 15.6. The Labute approximate surface area is 149 Å². The summed E-state index contributed by atoms with van der Waals surface area (Å²) in [6.45, 7) is 10.2.